The first kappa shape index (κ1) is 25.3. The maximum absolute atomic E-state index is 12.4. The molecule has 0 saturated carbocycles. The summed E-state index contributed by atoms with van der Waals surface area (Å²) in [7, 11) is 1.53. The summed E-state index contributed by atoms with van der Waals surface area (Å²) in [5, 5.41) is 6.76. The highest BCUT2D eigenvalue weighted by atomic mass is 35.5. The quantitative estimate of drug-likeness (QED) is 0.160. The van der Waals surface area contributed by atoms with E-state index >= 15 is 0 Å². The molecule has 0 aliphatic heterocycles. The van der Waals surface area contributed by atoms with Crippen molar-refractivity contribution in [1.82, 2.24) is 5.43 Å². The number of methoxy groups -OCH3 is 1. The maximum Gasteiger partial charge on any atom is 0.343 e. The van der Waals surface area contributed by atoms with Crippen molar-refractivity contribution in [2.45, 2.75) is 6.92 Å². The number of nitrogens with one attached hydrogen (secondary N) is 2. The van der Waals surface area contributed by atoms with Gasteiger partial charge in [-0.2, -0.15) is 5.10 Å². The van der Waals surface area contributed by atoms with Crippen LogP contribution in [0.4, 0.5) is 5.69 Å². The molecule has 0 saturated heterocycles. The average molecular weight is 496 g/mol. The highest BCUT2D eigenvalue weighted by Gasteiger charge is 2.14. The molecular weight excluding hydrogens is 474 g/mol. The van der Waals surface area contributed by atoms with E-state index in [-0.39, 0.29) is 5.75 Å². The number of hydrogen-bond acceptors (Lipinski definition) is 7. The Morgan fingerprint density at radius 2 is 1.66 bits per heavy atom. The molecule has 0 aromatic heterocycles. The second-order valence-corrected chi connectivity index (χ2v) is 7.35. The summed E-state index contributed by atoms with van der Waals surface area (Å²) in [6.07, 6.45) is 1.33. The van der Waals surface area contributed by atoms with E-state index in [1.54, 1.807) is 73.7 Å². The van der Waals surface area contributed by atoms with Gasteiger partial charge in [-0.3, -0.25) is 9.59 Å². The number of carbonyl (C=O) groups is 3. The molecule has 0 aliphatic carbocycles. The highest BCUT2D eigenvalue weighted by molar-refractivity contribution is 6.39. The Balaban J connectivity index is 1.61. The largest absolute Gasteiger partial charge is 0.497 e. The number of hydrogen-bond donors (Lipinski definition) is 2. The summed E-state index contributed by atoms with van der Waals surface area (Å²) < 4.78 is 16.0. The Labute approximate surface area is 206 Å². The van der Waals surface area contributed by atoms with E-state index in [1.165, 1.54) is 13.3 Å². The molecule has 0 fully saturated rings. The molecule has 3 rings (SSSR count). The zero-order valence-corrected chi connectivity index (χ0v) is 19.7. The van der Waals surface area contributed by atoms with Crippen LogP contribution in [-0.2, 0) is 9.59 Å². The Bertz CT molecular complexity index is 1230. The van der Waals surface area contributed by atoms with Crippen LogP contribution in [0.3, 0.4) is 0 Å². The minimum atomic E-state index is -0.949. The first-order valence-corrected chi connectivity index (χ1v) is 10.8. The van der Waals surface area contributed by atoms with Gasteiger partial charge in [0.05, 0.1) is 25.5 Å². The van der Waals surface area contributed by atoms with Gasteiger partial charge in [-0.25, -0.2) is 10.2 Å². The van der Waals surface area contributed by atoms with Crippen molar-refractivity contribution in [1.29, 1.82) is 0 Å². The SMILES string of the molecule is CCOc1cc(/C=N/NC(=O)C(=O)Nc2ccc(OC)cc2)ccc1OC(=O)c1ccc(Cl)cc1. The van der Waals surface area contributed by atoms with Crippen LogP contribution in [0.25, 0.3) is 0 Å². The maximum atomic E-state index is 12.4. The number of ether oxygens (including phenoxy) is 3. The smallest absolute Gasteiger partial charge is 0.343 e. The number of halogens is 1. The lowest BCUT2D eigenvalue weighted by Crippen LogP contribution is -2.32. The zero-order valence-electron chi connectivity index (χ0n) is 18.9. The van der Waals surface area contributed by atoms with Gasteiger partial charge in [-0.1, -0.05) is 11.6 Å². The van der Waals surface area contributed by atoms with E-state index < -0.39 is 17.8 Å². The number of anilines is 1. The van der Waals surface area contributed by atoms with Gasteiger partial charge < -0.3 is 19.5 Å². The van der Waals surface area contributed by atoms with Crippen molar-refractivity contribution in [3.05, 3.63) is 82.9 Å². The van der Waals surface area contributed by atoms with E-state index in [0.717, 1.165) is 0 Å². The monoisotopic (exact) mass is 495 g/mol. The van der Waals surface area contributed by atoms with Gasteiger partial charge in [-0.15, -0.1) is 0 Å². The van der Waals surface area contributed by atoms with Crippen LogP contribution in [0, 0.1) is 0 Å². The number of benzene rings is 3. The van der Waals surface area contributed by atoms with E-state index in [4.69, 9.17) is 25.8 Å². The van der Waals surface area contributed by atoms with E-state index in [1.807, 2.05) is 0 Å². The van der Waals surface area contributed by atoms with E-state index in [0.29, 0.717) is 39.9 Å². The minimum Gasteiger partial charge on any atom is -0.497 e. The van der Waals surface area contributed by atoms with Crippen molar-refractivity contribution in [3.63, 3.8) is 0 Å². The lowest BCUT2D eigenvalue weighted by Gasteiger charge is -2.11. The molecule has 10 heteroatoms. The molecule has 0 bridgehead atoms. The molecule has 3 aromatic carbocycles. The Hall–Kier alpha value is -4.37. The molecule has 3 aromatic rings. The molecule has 0 spiro atoms. The summed E-state index contributed by atoms with van der Waals surface area (Å²) >= 11 is 5.85. The van der Waals surface area contributed by atoms with Gasteiger partial charge in [0.1, 0.15) is 5.75 Å². The molecule has 0 unspecified atom stereocenters. The Morgan fingerprint density at radius 3 is 2.31 bits per heavy atom. The van der Waals surface area contributed by atoms with Gasteiger partial charge in [0.15, 0.2) is 11.5 Å². The third-order valence-corrected chi connectivity index (χ3v) is 4.74. The number of carbonyl (C=O) groups excluding carboxylic acids is 3. The summed E-state index contributed by atoms with van der Waals surface area (Å²) in [5.41, 5.74) is 3.45. The Kier molecular flexibility index (Phi) is 8.80. The number of hydrazone groups is 1. The fourth-order valence-corrected chi connectivity index (χ4v) is 2.91. The van der Waals surface area contributed by atoms with Gasteiger partial charge in [0.2, 0.25) is 0 Å². The predicted molar refractivity (Wildman–Crippen MR) is 131 cm³/mol. The number of amides is 2. The van der Waals surface area contributed by atoms with Crippen LogP contribution in [0.2, 0.25) is 5.02 Å². The Morgan fingerprint density at radius 1 is 0.943 bits per heavy atom. The van der Waals surface area contributed by atoms with Gasteiger partial charge >= 0.3 is 17.8 Å². The highest BCUT2D eigenvalue weighted by Crippen LogP contribution is 2.29. The lowest BCUT2D eigenvalue weighted by molar-refractivity contribution is -0.136. The summed E-state index contributed by atoms with van der Waals surface area (Å²) in [6.45, 7) is 2.11. The third-order valence-electron chi connectivity index (χ3n) is 4.48. The van der Waals surface area contributed by atoms with Crippen molar-refractivity contribution >= 4 is 41.3 Å². The van der Waals surface area contributed by atoms with Gasteiger partial charge in [0.25, 0.3) is 0 Å². The van der Waals surface area contributed by atoms with Crippen LogP contribution >= 0.6 is 11.6 Å². The molecule has 35 heavy (non-hydrogen) atoms. The molecule has 9 nitrogen and oxygen atoms in total. The fraction of sp³-hybridized carbons (Fsp3) is 0.120. The van der Waals surface area contributed by atoms with Crippen molar-refractivity contribution in [2.24, 2.45) is 5.10 Å². The zero-order chi connectivity index (χ0) is 25.2. The molecule has 180 valence electrons. The summed E-state index contributed by atoms with van der Waals surface area (Å²) in [5.74, 6) is -1.26. The van der Waals surface area contributed by atoms with E-state index in [9.17, 15) is 14.4 Å². The number of esters is 1. The minimum absolute atomic E-state index is 0.215. The van der Waals surface area contributed by atoms with Crippen LogP contribution in [-0.4, -0.2) is 37.7 Å². The molecule has 2 amide bonds. The lowest BCUT2D eigenvalue weighted by atomic mass is 10.2. The second-order valence-electron chi connectivity index (χ2n) is 6.92. The first-order chi connectivity index (χ1) is 16.9. The van der Waals surface area contributed by atoms with Crippen LogP contribution in [0.5, 0.6) is 17.2 Å². The third kappa shape index (κ3) is 7.31. The summed E-state index contributed by atoms with van der Waals surface area (Å²) in [4.78, 5) is 36.4. The fourth-order valence-electron chi connectivity index (χ4n) is 2.78. The van der Waals surface area contributed by atoms with E-state index in [2.05, 4.69) is 15.8 Å². The van der Waals surface area contributed by atoms with Crippen molar-refractivity contribution < 1.29 is 28.6 Å². The number of rotatable bonds is 8. The van der Waals surface area contributed by atoms with Crippen LogP contribution < -0.4 is 25.0 Å². The average Bonchev–Trinajstić information content (AvgIpc) is 2.86. The van der Waals surface area contributed by atoms with Crippen LogP contribution in [0.1, 0.15) is 22.8 Å². The number of nitrogens with zero attached hydrogens (tertiary/aromatic N) is 1. The molecule has 0 radical (unpaired) electrons. The normalized spacial score (nSPS) is 10.5. The topological polar surface area (TPSA) is 115 Å². The predicted octanol–water partition coefficient (Wildman–Crippen LogP) is 4.06. The molecule has 2 N–H and O–H groups in total. The van der Waals surface area contributed by atoms with Crippen molar-refractivity contribution in [2.75, 3.05) is 19.0 Å². The molecule has 0 atom stereocenters. The second kappa shape index (κ2) is 12.2. The van der Waals surface area contributed by atoms with Crippen molar-refractivity contribution in [3.8, 4) is 17.2 Å². The van der Waals surface area contributed by atoms with Crippen LogP contribution in [0.15, 0.2) is 71.8 Å². The molecule has 0 aliphatic rings. The van der Waals surface area contributed by atoms with Gasteiger partial charge in [0, 0.05) is 10.7 Å². The molecular formula is C25H22ClN3O6. The first-order valence-electron chi connectivity index (χ1n) is 10.4. The summed E-state index contributed by atoms with van der Waals surface area (Å²) in [6, 6.07) is 17.5. The molecule has 0 heterocycles. The van der Waals surface area contributed by atoms with Gasteiger partial charge in [-0.05, 0) is 79.2 Å². The standard InChI is InChI=1S/C25H22ClN3O6/c1-3-34-22-14-16(4-13-21(22)35-25(32)17-5-7-18(26)8-6-17)15-27-29-24(31)23(30)28-19-9-11-20(33-2)12-10-19/h4-15H,3H2,1-2H3,(H,28,30)(H,29,31)/b27-15+.